The number of nitrogens with zero attached hydrogens (tertiary/aromatic N) is 4. The number of carbonyl (C=O) groups is 2. The molecule has 0 atom stereocenters. The Bertz CT molecular complexity index is 2590. The van der Waals surface area contributed by atoms with Crippen LogP contribution in [0.2, 0.25) is 0 Å². The minimum Gasteiger partial charge on any atom is -0.354 e. The molecule has 2 N–H and O–H groups in total. The predicted octanol–water partition coefficient (Wildman–Crippen LogP) is 9.74. The summed E-state index contributed by atoms with van der Waals surface area (Å²) in [4.78, 5) is 50.3. The molecule has 0 saturated heterocycles. The van der Waals surface area contributed by atoms with Gasteiger partial charge in [0.15, 0.2) is 0 Å². The average molecular weight is 673 g/mol. The molecule has 8 bridgehead atoms. The number of pyridine rings is 2. The summed E-state index contributed by atoms with van der Waals surface area (Å²) in [6.07, 6.45) is 16.9. The molecule has 9 rings (SSSR count). The molecule has 0 saturated carbocycles. The summed E-state index contributed by atoms with van der Waals surface area (Å²) in [7, 11) is 0. The summed E-state index contributed by atoms with van der Waals surface area (Å²) in [6, 6.07) is 31.2. The highest BCUT2D eigenvalue weighted by atomic mass is 16.1. The van der Waals surface area contributed by atoms with Crippen molar-refractivity contribution >= 4 is 58.9 Å². The zero-order valence-electron chi connectivity index (χ0n) is 27.6. The van der Waals surface area contributed by atoms with Gasteiger partial charge in [-0.25, -0.2) is 9.97 Å². The van der Waals surface area contributed by atoms with Gasteiger partial charge in [0.25, 0.3) is 0 Å². The minimum absolute atomic E-state index is 0.571. The normalized spacial score (nSPS) is 11.8. The van der Waals surface area contributed by atoms with Gasteiger partial charge in [0.05, 0.1) is 22.8 Å². The van der Waals surface area contributed by atoms with Crippen LogP contribution in [0.1, 0.15) is 43.5 Å². The minimum atomic E-state index is 0.571. The molecule has 0 radical (unpaired) electrons. The van der Waals surface area contributed by atoms with Crippen LogP contribution >= 0.6 is 0 Å². The van der Waals surface area contributed by atoms with Crippen LogP contribution in [0.15, 0.2) is 122 Å². The van der Waals surface area contributed by atoms with E-state index < -0.39 is 0 Å². The first-order chi connectivity index (χ1) is 25.7. The van der Waals surface area contributed by atoms with Crippen molar-refractivity contribution in [3.63, 3.8) is 0 Å². The van der Waals surface area contributed by atoms with Crippen molar-refractivity contribution in [1.29, 1.82) is 0 Å². The number of fused-ring (bicyclic) bond motifs is 8. The largest absolute Gasteiger partial charge is 0.354 e. The molecule has 0 unspecified atom stereocenters. The second-order valence-electron chi connectivity index (χ2n) is 12.5. The van der Waals surface area contributed by atoms with Crippen LogP contribution in [0.25, 0.3) is 90.9 Å². The molecule has 7 aromatic rings. The summed E-state index contributed by atoms with van der Waals surface area (Å²) in [5, 5.41) is 0. The van der Waals surface area contributed by atoms with Crippen molar-refractivity contribution < 1.29 is 9.59 Å². The lowest BCUT2D eigenvalue weighted by atomic mass is 10.0. The molecule has 2 aliphatic rings. The lowest BCUT2D eigenvalue weighted by Gasteiger charge is -2.07. The fourth-order valence-corrected chi connectivity index (χ4v) is 6.99. The lowest BCUT2D eigenvalue weighted by molar-refractivity contribution is 0.111. The Morgan fingerprint density at radius 2 is 0.750 bits per heavy atom. The molecule has 8 nitrogen and oxygen atoms in total. The van der Waals surface area contributed by atoms with Gasteiger partial charge >= 0.3 is 0 Å². The monoisotopic (exact) mass is 672 g/mol. The third-order valence-corrected chi connectivity index (χ3v) is 9.31. The predicted molar refractivity (Wildman–Crippen MR) is 207 cm³/mol. The van der Waals surface area contributed by atoms with Gasteiger partial charge in [-0.05, 0) is 107 Å². The maximum Gasteiger partial charge on any atom is 0.150 e. The number of aromatic amines is 2. The van der Waals surface area contributed by atoms with E-state index in [-0.39, 0.29) is 0 Å². The van der Waals surface area contributed by atoms with Gasteiger partial charge in [-0.1, -0.05) is 36.4 Å². The molecule has 52 heavy (non-hydrogen) atoms. The molecular weight excluding hydrogens is 645 g/mol. The Hall–Kier alpha value is -7.32. The molecule has 0 fully saturated rings. The first-order valence-corrected chi connectivity index (χ1v) is 16.7. The maximum atomic E-state index is 11.9. The smallest absolute Gasteiger partial charge is 0.150 e. The summed E-state index contributed by atoms with van der Waals surface area (Å²) in [5.41, 5.74) is 14.6. The molecule has 0 aliphatic carbocycles. The second kappa shape index (κ2) is 12.9. The van der Waals surface area contributed by atoms with Crippen LogP contribution in [-0.2, 0) is 0 Å². The number of carbonyl (C=O) groups excluding carboxylic acids is 2. The van der Waals surface area contributed by atoms with E-state index in [0.29, 0.717) is 11.1 Å². The number of hydrogen-bond donors (Lipinski definition) is 2. The average Bonchev–Trinajstić information content (AvgIpc) is 4.04. The van der Waals surface area contributed by atoms with E-state index in [4.69, 9.17) is 9.97 Å². The topological polar surface area (TPSA) is 117 Å². The van der Waals surface area contributed by atoms with Crippen LogP contribution in [0.5, 0.6) is 0 Å². The number of benzene rings is 2. The van der Waals surface area contributed by atoms with Crippen molar-refractivity contribution in [3.05, 3.63) is 156 Å². The fraction of sp³-hybridized carbons (Fsp3) is 0. The van der Waals surface area contributed by atoms with Gasteiger partial charge in [0.1, 0.15) is 12.6 Å². The molecular formula is C44H28N6O2. The van der Waals surface area contributed by atoms with E-state index in [1.54, 1.807) is 36.9 Å². The highest BCUT2D eigenvalue weighted by Crippen LogP contribution is 2.38. The van der Waals surface area contributed by atoms with Crippen molar-refractivity contribution in [2.24, 2.45) is 0 Å². The fourth-order valence-electron chi connectivity index (χ4n) is 6.99. The van der Waals surface area contributed by atoms with Crippen LogP contribution in [-0.4, -0.2) is 42.5 Å². The second-order valence-corrected chi connectivity index (χ2v) is 12.5. The molecule has 2 aliphatic heterocycles. The van der Waals surface area contributed by atoms with E-state index in [1.165, 1.54) is 0 Å². The molecule has 0 spiro atoms. The van der Waals surface area contributed by atoms with Gasteiger partial charge < -0.3 is 9.97 Å². The van der Waals surface area contributed by atoms with E-state index >= 15 is 0 Å². The van der Waals surface area contributed by atoms with Gasteiger partial charge in [-0.15, -0.1) is 0 Å². The summed E-state index contributed by atoms with van der Waals surface area (Å²) in [6.45, 7) is 0. The third kappa shape index (κ3) is 5.45. The van der Waals surface area contributed by atoms with Crippen molar-refractivity contribution in [2.75, 3.05) is 0 Å². The number of aldehydes is 2. The number of nitrogens with one attached hydrogen (secondary N) is 2. The zero-order valence-corrected chi connectivity index (χ0v) is 27.6. The molecule has 2 aromatic carbocycles. The highest BCUT2D eigenvalue weighted by molar-refractivity contribution is 6.00. The summed E-state index contributed by atoms with van der Waals surface area (Å²) < 4.78 is 0. The van der Waals surface area contributed by atoms with Gasteiger partial charge in [-0.3, -0.25) is 19.6 Å². The highest BCUT2D eigenvalue weighted by Gasteiger charge is 2.19. The van der Waals surface area contributed by atoms with E-state index in [9.17, 15) is 9.59 Å². The molecule has 0 amide bonds. The summed E-state index contributed by atoms with van der Waals surface area (Å²) in [5.74, 6) is 0. The molecule has 5 aromatic heterocycles. The Morgan fingerprint density at radius 1 is 0.404 bits per heavy atom. The Labute approximate surface area is 298 Å². The molecule has 246 valence electrons. The van der Waals surface area contributed by atoms with Gasteiger partial charge in [0, 0.05) is 80.2 Å². The Balaban J connectivity index is 1.48. The number of hydrogen-bond acceptors (Lipinski definition) is 6. The van der Waals surface area contributed by atoms with E-state index in [0.717, 1.165) is 102 Å². The maximum absolute atomic E-state index is 11.9. The van der Waals surface area contributed by atoms with Crippen LogP contribution in [0.4, 0.5) is 0 Å². The summed E-state index contributed by atoms with van der Waals surface area (Å²) >= 11 is 0. The molecule has 7 heterocycles. The van der Waals surface area contributed by atoms with E-state index in [2.05, 4.69) is 32.1 Å². The van der Waals surface area contributed by atoms with Gasteiger partial charge in [-0.2, -0.15) is 0 Å². The number of aromatic nitrogens is 6. The van der Waals surface area contributed by atoms with Crippen LogP contribution in [0.3, 0.4) is 0 Å². The van der Waals surface area contributed by atoms with Crippen molar-refractivity contribution in [3.8, 4) is 44.5 Å². The first kappa shape index (κ1) is 30.7. The lowest BCUT2D eigenvalue weighted by Crippen LogP contribution is -1.90. The van der Waals surface area contributed by atoms with Crippen LogP contribution in [0, 0.1) is 0 Å². The number of H-pyrrole nitrogens is 2. The van der Waals surface area contributed by atoms with Gasteiger partial charge in [0.2, 0.25) is 0 Å². The van der Waals surface area contributed by atoms with Crippen LogP contribution < -0.4 is 0 Å². The van der Waals surface area contributed by atoms with Crippen molar-refractivity contribution in [1.82, 2.24) is 29.9 Å². The quantitative estimate of drug-likeness (QED) is 0.170. The third-order valence-electron chi connectivity index (χ3n) is 9.31. The SMILES string of the molecule is O=Cc1cccc(-c2c3nc(c(-c4ccncc4)c4ccc([nH]4)c(-c4cccc(C=O)c4)c4nc(c(-c5ccncc5)c5ccc2[nH]5)C=C4)C=C3)c1. The zero-order chi connectivity index (χ0) is 35.0. The standard InChI is InChI=1S/C44H28N6O2/c51-25-27-3-1-5-31(23-27)43-37-11-7-33(47-37)41(29-15-19-45-20-16-29)35-9-13-39(49-35)44(32-6-2-4-28(24-32)26-52)40-14-10-36(50-40)42(30-17-21-46-22-18-30)34-8-12-38(43)48-34/h1-26,47,50H. The molecule has 8 heteroatoms. The number of rotatable bonds is 6. The van der Waals surface area contributed by atoms with E-state index in [1.807, 2.05) is 97.1 Å². The first-order valence-electron chi connectivity index (χ1n) is 16.7. The van der Waals surface area contributed by atoms with Crippen molar-refractivity contribution in [2.45, 2.75) is 0 Å². The Morgan fingerprint density at radius 3 is 1.10 bits per heavy atom. The Kier molecular flexibility index (Phi) is 7.59.